The van der Waals surface area contributed by atoms with E-state index in [9.17, 15) is 13.6 Å². The maximum atomic E-state index is 12.9. The maximum absolute atomic E-state index is 12.9. The van der Waals surface area contributed by atoms with E-state index < -0.39 is 6.61 Å². The van der Waals surface area contributed by atoms with Crippen LogP contribution in [0.2, 0.25) is 0 Å². The molecule has 0 saturated carbocycles. The van der Waals surface area contributed by atoms with Gasteiger partial charge in [0.05, 0.1) is 13.2 Å². The van der Waals surface area contributed by atoms with Crippen LogP contribution >= 0.6 is 24.0 Å². The molecule has 0 bridgehead atoms. The largest absolute Gasteiger partial charge is 0.490 e. The molecule has 182 valence electrons. The van der Waals surface area contributed by atoms with Crippen LogP contribution in [0.1, 0.15) is 35.3 Å². The fraction of sp³-hybridized carbons (Fsp3) is 0.391. The Bertz CT molecular complexity index is 913. The Balaban J connectivity index is 0.00000544. The number of halogens is 3. The number of alkyl halides is 2. The number of aliphatic imine (C=N–C) groups is 1. The normalized spacial score (nSPS) is 10.9. The van der Waals surface area contributed by atoms with E-state index in [1.165, 1.54) is 0 Å². The van der Waals surface area contributed by atoms with Crippen molar-refractivity contribution in [2.24, 2.45) is 4.99 Å². The quantitative estimate of drug-likeness (QED) is 0.214. The number of amides is 1. The minimum atomic E-state index is -2.96. The lowest BCUT2D eigenvalue weighted by molar-refractivity contribution is -0.0520. The number of carbonyl (C=O) groups excluding carboxylic acids is 1. The molecule has 1 amide bonds. The predicted molar refractivity (Wildman–Crippen MR) is 136 cm³/mol. The molecule has 0 unspecified atom stereocenters. The summed E-state index contributed by atoms with van der Waals surface area (Å²) in [5, 5.41) is 8.96. The molecule has 0 aliphatic carbocycles. The smallest absolute Gasteiger partial charge is 0.387 e. The molecule has 0 aliphatic heterocycles. The van der Waals surface area contributed by atoms with Gasteiger partial charge in [-0.05, 0) is 44.0 Å². The summed E-state index contributed by atoms with van der Waals surface area (Å²) in [6.07, 6.45) is 0.675. The summed E-state index contributed by atoms with van der Waals surface area (Å²) < 4.78 is 35.9. The van der Waals surface area contributed by atoms with Crippen molar-refractivity contribution in [2.75, 3.05) is 26.7 Å². The van der Waals surface area contributed by atoms with Gasteiger partial charge in [0.25, 0.3) is 5.91 Å². The second-order valence-corrected chi connectivity index (χ2v) is 6.71. The first-order chi connectivity index (χ1) is 15.5. The Morgan fingerprint density at radius 1 is 1.12 bits per heavy atom. The molecule has 7 nitrogen and oxygen atoms in total. The molecule has 2 aromatic carbocycles. The second kappa shape index (κ2) is 15.3. The van der Waals surface area contributed by atoms with Crippen LogP contribution in [-0.4, -0.2) is 45.2 Å². The third kappa shape index (κ3) is 9.40. The van der Waals surface area contributed by atoms with Gasteiger partial charge >= 0.3 is 6.61 Å². The zero-order chi connectivity index (χ0) is 23.3. The van der Waals surface area contributed by atoms with Gasteiger partial charge < -0.3 is 25.4 Å². The number of para-hydroxylation sites is 1. The van der Waals surface area contributed by atoms with Gasteiger partial charge in [-0.15, -0.1) is 24.0 Å². The Kier molecular flexibility index (Phi) is 13.1. The molecule has 0 aromatic heterocycles. The van der Waals surface area contributed by atoms with E-state index in [-0.39, 0.29) is 47.9 Å². The molecule has 33 heavy (non-hydrogen) atoms. The molecular formula is C23H31F2IN4O3. The Morgan fingerprint density at radius 2 is 1.88 bits per heavy atom. The lowest BCUT2D eigenvalue weighted by Crippen LogP contribution is -2.38. The first kappa shape index (κ1) is 28.4. The third-order valence-corrected chi connectivity index (χ3v) is 4.44. The molecule has 0 fully saturated rings. The van der Waals surface area contributed by atoms with E-state index in [1.54, 1.807) is 38.2 Å². The van der Waals surface area contributed by atoms with Crippen molar-refractivity contribution in [1.29, 1.82) is 0 Å². The van der Waals surface area contributed by atoms with E-state index in [0.29, 0.717) is 43.2 Å². The van der Waals surface area contributed by atoms with Crippen LogP contribution in [0, 0.1) is 0 Å². The summed E-state index contributed by atoms with van der Waals surface area (Å²) in [6, 6.07) is 12.4. The maximum Gasteiger partial charge on any atom is 0.387 e. The van der Waals surface area contributed by atoms with Crippen LogP contribution < -0.4 is 25.4 Å². The van der Waals surface area contributed by atoms with Crippen LogP contribution in [0.25, 0.3) is 0 Å². The van der Waals surface area contributed by atoms with Gasteiger partial charge in [0.15, 0.2) is 17.5 Å². The molecular weight excluding hydrogens is 545 g/mol. The van der Waals surface area contributed by atoms with Crippen LogP contribution in [-0.2, 0) is 13.0 Å². The van der Waals surface area contributed by atoms with Crippen molar-refractivity contribution < 1.29 is 23.0 Å². The van der Waals surface area contributed by atoms with Crippen molar-refractivity contribution >= 4 is 35.8 Å². The van der Waals surface area contributed by atoms with E-state index in [0.717, 1.165) is 5.56 Å². The molecule has 0 radical (unpaired) electrons. The first-order valence-electron chi connectivity index (χ1n) is 10.5. The molecule has 2 rings (SSSR count). The molecule has 0 heterocycles. The summed E-state index contributed by atoms with van der Waals surface area (Å²) in [5.74, 6) is 0.662. The zero-order valence-electron chi connectivity index (χ0n) is 19.0. The first-order valence-corrected chi connectivity index (χ1v) is 10.5. The number of hydrogen-bond donors (Lipinski definition) is 3. The van der Waals surface area contributed by atoms with Crippen LogP contribution in [0.15, 0.2) is 47.5 Å². The highest BCUT2D eigenvalue weighted by atomic mass is 127. The number of carbonyl (C=O) groups is 1. The van der Waals surface area contributed by atoms with Crippen molar-refractivity contribution in [3.63, 3.8) is 0 Å². The highest BCUT2D eigenvalue weighted by molar-refractivity contribution is 14.0. The van der Waals surface area contributed by atoms with E-state index >= 15 is 0 Å². The van der Waals surface area contributed by atoms with Gasteiger partial charge in [0.1, 0.15) is 0 Å². The Labute approximate surface area is 210 Å². The molecule has 10 heteroatoms. The average Bonchev–Trinajstić information content (AvgIpc) is 2.78. The van der Waals surface area contributed by atoms with Gasteiger partial charge in [0, 0.05) is 31.3 Å². The monoisotopic (exact) mass is 576 g/mol. The molecule has 0 aliphatic rings. The molecule has 2 aromatic rings. The minimum absolute atomic E-state index is 0. The third-order valence-electron chi connectivity index (χ3n) is 4.44. The van der Waals surface area contributed by atoms with Gasteiger partial charge in [-0.25, -0.2) is 4.99 Å². The van der Waals surface area contributed by atoms with E-state index in [1.807, 2.05) is 25.1 Å². The fourth-order valence-corrected chi connectivity index (χ4v) is 3.02. The fourth-order valence-electron chi connectivity index (χ4n) is 3.02. The predicted octanol–water partition coefficient (Wildman–Crippen LogP) is 3.96. The van der Waals surface area contributed by atoms with E-state index in [2.05, 4.69) is 20.9 Å². The van der Waals surface area contributed by atoms with Crippen LogP contribution in [0.3, 0.4) is 0 Å². The minimum Gasteiger partial charge on any atom is -0.490 e. The van der Waals surface area contributed by atoms with Crippen molar-refractivity contribution in [2.45, 2.75) is 33.4 Å². The Hall–Kier alpha value is -2.63. The summed E-state index contributed by atoms with van der Waals surface area (Å²) in [7, 11) is 1.59. The van der Waals surface area contributed by atoms with Crippen LogP contribution in [0.4, 0.5) is 8.78 Å². The number of nitrogens with zero attached hydrogens (tertiary/aromatic N) is 1. The lowest BCUT2D eigenvalue weighted by atomic mass is 10.1. The highest BCUT2D eigenvalue weighted by Crippen LogP contribution is 2.33. The Morgan fingerprint density at radius 3 is 2.55 bits per heavy atom. The van der Waals surface area contributed by atoms with Gasteiger partial charge in [-0.2, -0.15) is 8.78 Å². The van der Waals surface area contributed by atoms with Gasteiger partial charge in [0.2, 0.25) is 0 Å². The standard InChI is InChI=1S/C23H30F2N4O3.HI/c1-4-27-23(28-13-12-16-8-6-9-17(14-16)21(30)26-3)29-15-18-10-7-11-19(31-5-2)20(18)32-22(24)25;/h6-11,14,22H,4-5,12-13,15H2,1-3H3,(H,26,30)(H2,27,28,29);1H. The zero-order valence-corrected chi connectivity index (χ0v) is 21.3. The summed E-state index contributed by atoms with van der Waals surface area (Å²) >= 11 is 0. The number of hydrogen-bond acceptors (Lipinski definition) is 4. The molecule has 0 saturated heterocycles. The average molecular weight is 576 g/mol. The summed E-state index contributed by atoms with van der Waals surface area (Å²) in [5.41, 5.74) is 2.10. The molecule has 0 atom stereocenters. The number of rotatable bonds is 11. The number of benzene rings is 2. The SMILES string of the molecule is CCNC(=NCc1cccc(OCC)c1OC(F)F)NCCc1cccc(C(=O)NC)c1.I. The lowest BCUT2D eigenvalue weighted by Gasteiger charge is -2.15. The number of nitrogens with one attached hydrogen (secondary N) is 3. The van der Waals surface area contributed by atoms with E-state index in [4.69, 9.17) is 9.47 Å². The van der Waals surface area contributed by atoms with Gasteiger partial charge in [-0.1, -0.05) is 24.3 Å². The van der Waals surface area contributed by atoms with Crippen molar-refractivity contribution in [3.05, 3.63) is 59.2 Å². The highest BCUT2D eigenvalue weighted by Gasteiger charge is 2.15. The second-order valence-electron chi connectivity index (χ2n) is 6.71. The number of ether oxygens (including phenoxy) is 2. The number of guanidine groups is 1. The molecule has 3 N–H and O–H groups in total. The topological polar surface area (TPSA) is 84.0 Å². The molecule has 0 spiro atoms. The summed E-state index contributed by atoms with van der Waals surface area (Å²) in [6.45, 7) is 2.41. The van der Waals surface area contributed by atoms with Crippen molar-refractivity contribution in [1.82, 2.24) is 16.0 Å². The summed E-state index contributed by atoms with van der Waals surface area (Å²) in [4.78, 5) is 16.3. The van der Waals surface area contributed by atoms with Gasteiger partial charge in [-0.3, -0.25) is 4.79 Å². The van der Waals surface area contributed by atoms with Crippen LogP contribution in [0.5, 0.6) is 11.5 Å². The van der Waals surface area contributed by atoms with Crippen molar-refractivity contribution in [3.8, 4) is 11.5 Å².